The Labute approximate surface area is 133 Å². The highest BCUT2D eigenvalue weighted by molar-refractivity contribution is 7.13. The van der Waals surface area contributed by atoms with Gasteiger partial charge < -0.3 is 5.73 Å². The molecule has 0 atom stereocenters. The Kier molecular flexibility index (Phi) is 3.69. The van der Waals surface area contributed by atoms with E-state index in [1.165, 1.54) is 40.3 Å². The molecule has 3 rings (SSSR count). The topological polar surface area (TPSA) is 60.9 Å². The molecule has 1 aromatic carbocycles. The third-order valence-electron chi connectivity index (χ3n) is 3.17. The Morgan fingerprint density at radius 2 is 1.87 bits per heavy atom. The standard InChI is InChI=1S/C15H10F3N3OS/c16-15(17,18)13-8-11(12-2-1-7-23-12)21(20-13)10-5-3-9(4-6-10)14(19)22/h1-8H,(H2,19,22). The molecule has 2 aromatic heterocycles. The van der Waals surface area contributed by atoms with Crippen LogP contribution in [-0.4, -0.2) is 15.7 Å². The first-order chi connectivity index (χ1) is 10.9. The number of nitrogens with two attached hydrogens (primary N) is 1. The maximum Gasteiger partial charge on any atom is 0.435 e. The summed E-state index contributed by atoms with van der Waals surface area (Å²) < 4.78 is 40.1. The molecule has 0 saturated carbocycles. The van der Waals surface area contributed by atoms with E-state index >= 15 is 0 Å². The highest BCUT2D eigenvalue weighted by Gasteiger charge is 2.35. The van der Waals surface area contributed by atoms with Crippen molar-refractivity contribution in [2.24, 2.45) is 5.73 Å². The molecule has 0 bridgehead atoms. The largest absolute Gasteiger partial charge is 0.435 e. The predicted molar refractivity (Wildman–Crippen MR) is 80.4 cm³/mol. The Bertz CT molecular complexity index is 836. The predicted octanol–water partition coefficient (Wildman–Crippen LogP) is 3.72. The maximum absolute atomic E-state index is 13.0. The molecule has 0 radical (unpaired) electrons. The number of alkyl halides is 3. The molecule has 8 heteroatoms. The average molecular weight is 337 g/mol. The number of primary amides is 1. The van der Waals surface area contributed by atoms with Gasteiger partial charge in [0.1, 0.15) is 0 Å². The quantitative estimate of drug-likeness (QED) is 0.792. The van der Waals surface area contributed by atoms with Gasteiger partial charge in [0.05, 0.1) is 16.3 Å². The zero-order chi connectivity index (χ0) is 16.6. The first-order valence-corrected chi connectivity index (χ1v) is 7.35. The first kappa shape index (κ1) is 15.3. The molecular formula is C15H10F3N3OS. The number of carbonyl (C=O) groups excluding carboxylic acids is 1. The molecule has 0 saturated heterocycles. The average Bonchev–Trinajstić information content (AvgIpc) is 3.15. The number of hydrogen-bond acceptors (Lipinski definition) is 3. The lowest BCUT2D eigenvalue weighted by Gasteiger charge is -2.07. The molecule has 0 aliphatic rings. The van der Waals surface area contributed by atoms with Gasteiger partial charge in [0, 0.05) is 5.56 Å². The summed E-state index contributed by atoms with van der Waals surface area (Å²) in [6.45, 7) is 0. The van der Waals surface area contributed by atoms with Crippen LogP contribution < -0.4 is 5.73 Å². The van der Waals surface area contributed by atoms with Crippen molar-refractivity contribution in [3.63, 3.8) is 0 Å². The van der Waals surface area contributed by atoms with E-state index in [4.69, 9.17) is 5.73 Å². The number of hydrogen-bond donors (Lipinski definition) is 1. The van der Waals surface area contributed by atoms with Crippen LogP contribution in [0.3, 0.4) is 0 Å². The van der Waals surface area contributed by atoms with Crippen LogP contribution in [0.5, 0.6) is 0 Å². The van der Waals surface area contributed by atoms with E-state index in [1.54, 1.807) is 17.5 Å². The summed E-state index contributed by atoms with van der Waals surface area (Å²) in [6, 6.07) is 10.4. The van der Waals surface area contributed by atoms with Gasteiger partial charge in [0.2, 0.25) is 5.91 Å². The SMILES string of the molecule is NC(=O)c1ccc(-n2nc(C(F)(F)F)cc2-c2cccs2)cc1. The summed E-state index contributed by atoms with van der Waals surface area (Å²) in [5, 5.41) is 5.44. The number of rotatable bonds is 3. The molecule has 0 aliphatic carbocycles. The lowest BCUT2D eigenvalue weighted by Crippen LogP contribution is -2.11. The molecule has 3 aromatic rings. The third kappa shape index (κ3) is 2.98. The smallest absolute Gasteiger partial charge is 0.366 e. The zero-order valence-corrected chi connectivity index (χ0v) is 12.4. The van der Waals surface area contributed by atoms with Crippen LogP contribution in [-0.2, 0) is 6.18 Å². The van der Waals surface area contributed by atoms with Gasteiger partial charge in [-0.1, -0.05) is 6.07 Å². The summed E-state index contributed by atoms with van der Waals surface area (Å²) >= 11 is 1.31. The summed E-state index contributed by atoms with van der Waals surface area (Å²) in [6.07, 6.45) is -4.54. The first-order valence-electron chi connectivity index (χ1n) is 6.47. The van der Waals surface area contributed by atoms with Gasteiger partial charge in [-0.2, -0.15) is 18.3 Å². The number of thiophene rings is 1. The zero-order valence-electron chi connectivity index (χ0n) is 11.5. The van der Waals surface area contributed by atoms with Gasteiger partial charge in [-0.25, -0.2) is 4.68 Å². The van der Waals surface area contributed by atoms with E-state index < -0.39 is 17.8 Å². The lowest BCUT2D eigenvalue weighted by atomic mass is 10.2. The third-order valence-corrected chi connectivity index (χ3v) is 4.06. The van der Waals surface area contributed by atoms with Crippen molar-refractivity contribution in [3.05, 3.63) is 59.1 Å². The van der Waals surface area contributed by atoms with Gasteiger partial charge in [-0.15, -0.1) is 11.3 Å². The summed E-state index contributed by atoms with van der Waals surface area (Å²) in [5.41, 5.74) is 5.21. The van der Waals surface area contributed by atoms with Crippen LogP contribution in [0, 0.1) is 0 Å². The van der Waals surface area contributed by atoms with Crippen LogP contribution in [0.1, 0.15) is 16.1 Å². The van der Waals surface area contributed by atoms with E-state index in [1.807, 2.05) is 0 Å². The van der Waals surface area contributed by atoms with Crippen molar-refractivity contribution >= 4 is 17.2 Å². The van der Waals surface area contributed by atoms with Crippen molar-refractivity contribution in [1.82, 2.24) is 9.78 Å². The Hall–Kier alpha value is -2.61. The highest BCUT2D eigenvalue weighted by Crippen LogP contribution is 2.34. The summed E-state index contributed by atoms with van der Waals surface area (Å²) in [7, 11) is 0. The minimum atomic E-state index is -4.54. The molecule has 4 nitrogen and oxygen atoms in total. The van der Waals surface area contributed by atoms with Crippen molar-refractivity contribution in [1.29, 1.82) is 0 Å². The fourth-order valence-corrected chi connectivity index (χ4v) is 2.81. The molecule has 2 heterocycles. The lowest BCUT2D eigenvalue weighted by molar-refractivity contribution is -0.141. The van der Waals surface area contributed by atoms with Gasteiger partial charge >= 0.3 is 6.18 Å². The van der Waals surface area contributed by atoms with Crippen molar-refractivity contribution < 1.29 is 18.0 Å². The van der Waals surface area contributed by atoms with Crippen molar-refractivity contribution in [2.45, 2.75) is 6.18 Å². The fraction of sp³-hybridized carbons (Fsp3) is 0.0667. The second-order valence-electron chi connectivity index (χ2n) is 4.71. The van der Waals surface area contributed by atoms with Gasteiger partial charge in [-0.05, 0) is 41.8 Å². The number of halogens is 3. The van der Waals surface area contributed by atoms with Crippen LogP contribution in [0.25, 0.3) is 16.3 Å². The molecule has 0 aliphatic heterocycles. The monoisotopic (exact) mass is 337 g/mol. The van der Waals surface area contributed by atoms with Crippen LogP contribution >= 0.6 is 11.3 Å². The maximum atomic E-state index is 13.0. The molecular weight excluding hydrogens is 327 g/mol. The molecule has 1 amide bonds. The molecule has 2 N–H and O–H groups in total. The number of aromatic nitrogens is 2. The number of nitrogens with zero attached hydrogens (tertiary/aromatic N) is 2. The Balaban J connectivity index is 2.13. The minimum absolute atomic E-state index is 0.273. The van der Waals surface area contributed by atoms with Crippen LogP contribution in [0.4, 0.5) is 13.2 Å². The highest BCUT2D eigenvalue weighted by atomic mass is 32.1. The minimum Gasteiger partial charge on any atom is -0.366 e. The van der Waals surface area contributed by atoms with Gasteiger partial charge in [0.15, 0.2) is 5.69 Å². The molecule has 0 unspecified atom stereocenters. The number of benzene rings is 1. The fourth-order valence-electron chi connectivity index (χ4n) is 2.08. The second kappa shape index (κ2) is 5.54. The van der Waals surface area contributed by atoms with Crippen LogP contribution in [0.15, 0.2) is 47.8 Å². The Morgan fingerprint density at radius 3 is 2.39 bits per heavy atom. The van der Waals surface area contributed by atoms with Crippen molar-refractivity contribution in [2.75, 3.05) is 0 Å². The van der Waals surface area contributed by atoms with Gasteiger partial charge in [0.25, 0.3) is 0 Å². The summed E-state index contributed by atoms with van der Waals surface area (Å²) in [4.78, 5) is 11.7. The molecule has 0 spiro atoms. The van der Waals surface area contributed by atoms with E-state index in [2.05, 4.69) is 5.10 Å². The van der Waals surface area contributed by atoms with E-state index in [9.17, 15) is 18.0 Å². The number of carbonyl (C=O) groups is 1. The summed E-state index contributed by atoms with van der Waals surface area (Å²) in [5.74, 6) is -0.605. The second-order valence-corrected chi connectivity index (χ2v) is 5.66. The van der Waals surface area contributed by atoms with Crippen LogP contribution in [0.2, 0.25) is 0 Å². The Morgan fingerprint density at radius 1 is 1.17 bits per heavy atom. The van der Waals surface area contributed by atoms with Crippen molar-refractivity contribution in [3.8, 4) is 16.3 Å². The van der Waals surface area contributed by atoms with E-state index in [-0.39, 0.29) is 5.56 Å². The molecule has 118 valence electrons. The normalized spacial score (nSPS) is 11.6. The number of amides is 1. The van der Waals surface area contributed by atoms with E-state index in [0.29, 0.717) is 16.3 Å². The molecule has 23 heavy (non-hydrogen) atoms. The van der Waals surface area contributed by atoms with Gasteiger partial charge in [-0.3, -0.25) is 4.79 Å². The van der Waals surface area contributed by atoms with E-state index in [0.717, 1.165) is 6.07 Å². The molecule has 0 fully saturated rings.